The molecule has 1 N–H and O–H groups in total. The molecule has 0 aromatic rings. The van der Waals surface area contributed by atoms with Gasteiger partial charge in [0.2, 0.25) is 0 Å². The van der Waals surface area contributed by atoms with Crippen LogP contribution in [-0.4, -0.2) is 16.9 Å². The number of carboxylic acid groups (broad SMARTS) is 1. The van der Waals surface area contributed by atoms with Crippen molar-refractivity contribution >= 4 is 11.8 Å². The fourth-order valence-corrected chi connectivity index (χ4v) is 1.54. The summed E-state index contributed by atoms with van der Waals surface area (Å²) in [5.74, 6) is 0.0260. The topological polar surface area (TPSA) is 54.4 Å². The number of Topliss-reactive ketones (excluding diaryl/α,β-unsaturated/α-hetero) is 1. The maximum Gasteiger partial charge on any atom is 0.328 e. The molecule has 0 rings (SSSR count). The van der Waals surface area contributed by atoms with Crippen molar-refractivity contribution in [2.24, 2.45) is 11.8 Å². The predicted molar refractivity (Wildman–Crippen MR) is 68.8 cm³/mol. The minimum absolute atomic E-state index is 0.196. The number of rotatable bonds is 7. The monoisotopic (exact) mass is 238 g/mol. The van der Waals surface area contributed by atoms with Crippen molar-refractivity contribution in [1.82, 2.24) is 0 Å². The van der Waals surface area contributed by atoms with E-state index in [0.717, 1.165) is 6.42 Å². The van der Waals surface area contributed by atoms with Crippen molar-refractivity contribution in [3.8, 4) is 0 Å². The first-order valence-electron chi connectivity index (χ1n) is 5.91. The molecule has 0 aromatic carbocycles. The number of ketones is 1. The molecule has 0 radical (unpaired) electrons. The van der Waals surface area contributed by atoms with E-state index >= 15 is 0 Å². The lowest BCUT2D eigenvalue weighted by atomic mass is 9.89. The van der Waals surface area contributed by atoms with Crippen LogP contribution in [0.2, 0.25) is 0 Å². The summed E-state index contributed by atoms with van der Waals surface area (Å²) >= 11 is 0. The van der Waals surface area contributed by atoms with Gasteiger partial charge in [-0.15, -0.1) is 0 Å². The van der Waals surface area contributed by atoms with E-state index in [0.29, 0.717) is 23.8 Å². The van der Waals surface area contributed by atoms with Crippen LogP contribution in [0.25, 0.3) is 0 Å². The van der Waals surface area contributed by atoms with Crippen LogP contribution in [0.3, 0.4) is 0 Å². The van der Waals surface area contributed by atoms with Gasteiger partial charge in [-0.1, -0.05) is 26.0 Å². The second-order valence-electron chi connectivity index (χ2n) is 4.73. The minimum atomic E-state index is -0.933. The van der Waals surface area contributed by atoms with Crippen LogP contribution >= 0.6 is 0 Å². The molecule has 0 spiro atoms. The van der Waals surface area contributed by atoms with Crippen LogP contribution in [0.1, 0.15) is 40.5 Å². The van der Waals surface area contributed by atoms with Gasteiger partial charge in [0.05, 0.1) is 0 Å². The Morgan fingerprint density at radius 3 is 2.24 bits per heavy atom. The van der Waals surface area contributed by atoms with Crippen molar-refractivity contribution < 1.29 is 14.7 Å². The third-order valence-electron chi connectivity index (χ3n) is 2.64. The molecule has 0 unspecified atom stereocenters. The van der Waals surface area contributed by atoms with Crippen molar-refractivity contribution in [1.29, 1.82) is 0 Å². The summed E-state index contributed by atoms with van der Waals surface area (Å²) in [6.07, 6.45) is 6.40. The number of aliphatic carboxylic acids is 1. The zero-order valence-electron chi connectivity index (χ0n) is 11.1. The molecule has 0 aliphatic rings. The number of hydrogen-bond donors (Lipinski definition) is 1. The Balaban J connectivity index is 4.48. The van der Waals surface area contributed by atoms with Gasteiger partial charge in [-0.05, 0) is 37.7 Å². The molecule has 0 bridgehead atoms. The highest BCUT2D eigenvalue weighted by Crippen LogP contribution is 2.19. The molecule has 0 saturated carbocycles. The Kier molecular flexibility index (Phi) is 7.19. The van der Waals surface area contributed by atoms with Crippen molar-refractivity contribution in [2.75, 3.05) is 0 Å². The third-order valence-corrected chi connectivity index (χ3v) is 2.64. The fraction of sp³-hybridized carbons (Fsp3) is 0.571. The highest BCUT2D eigenvalue weighted by Gasteiger charge is 2.10. The predicted octanol–water partition coefficient (Wildman–Crippen LogP) is 3.21. The average Bonchev–Trinajstić information content (AvgIpc) is 2.15. The smallest absolute Gasteiger partial charge is 0.328 e. The summed E-state index contributed by atoms with van der Waals surface area (Å²) in [5.41, 5.74) is 0.714. The minimum Gasteiger partial charge on any atom is -0.478 e. The fourth-order valence-electron chi connectivity index (χ4n) is 1.54. The molecule has 17 heavy (non-hydrogen) atoms. The van der Waals surface area contributed by atoms with E-state index in [2.05, 4.69) is 13.8 Å². The molecule has 3 nitrogen and oxygen atoms in total. The number of carboxylic acids is 1. The SMILES string of the molecule is CC(=O)CC[C@H](/C=C/C(C)=C/C(=O)O)C(C)C. The van der Waals surface area contributed by atoms with E-state index in [1.54, 1.807) is 13.8 Å². The molecule has 3 heteroatoms. The first-order chi connectivity index (χ1) is 7.82. The van der Waals surface area contributed by atoms with Crippen LogP contribution in [-0.2, 0) is 9.59 Å². The van der Waals surface area contributed by atoms with Crippen LogP contribution in [0, 0.1) is 11.8 Å². The Bertz CT molecular complexity index is 324. The lowest BCUT2D eigenvalue weighted by Gasteiger charge is -2.15. The van der Waals surface area contributed by atoms with E-state index in [4.69, 9.17) is 5.11 Å². The standard InChI is InChI=1S/C14H22O3/c1-10(2)13(8-6-12(4)15)7-5-11(3)9-14(16)17/h5,7,9-10,13H,6,8H2,1-4H3,(H,16,17)/b7-5+,11-9+/t13-/m0/s1. The Morgan fingerprint density at radius 2 is 1.82 bits per heavy atom. The summed E-state index contributed by atoms with van der Waals surface area (Å²) in [4.78, 5) is 21.4. The third kappa shape index (κ3) is 8.43. The maximum absolute atomic E-state index is 10.9. The first-order valence-corrected chi connectivity index (χ1v) is 5.91. The largest absolute Gasteiger partial charge is 0.478 e. The van der Waals surface area contributed by atoms with Crippen molar-refractivity contribution in [3.05, 3.63) is 23.8 Å². The molecule has 0 aliphatic carbocycles. The van der Waals surface area contributed by atoms with Gasteiger partial charge in [-0.2, -0.15) is 0 Å². The van der Waals surface area contributed by atoms with Gasteiger partial charge < -0.3 is 9.90 Å². The number of carbonyl (C=O) groups is 2. The molecule has 0 saturated heterocycles. The number of allylic oxidation sites excluding steroid dienone is 3. The van der Waals surface area contributed by atoms with Crippen LogP contribution in [0.4, 0.5) is 0 Å². The van der Waals surface area contributed by atoms with Gasteiger partial charge in [0, 0.05) is 12.5 Å². The zero-order valence-corrected chi connectivity index (χ0v) is 11.1. The normalized spacial score (nSPS) is 14.3. The highest BCUT2D eigenvalue weighted by molar-refractivity contribution is 5.81. The van der Waals surface area contributed by atoms with E-state index in [1.165, 1.54) is 6.08 Å². The van der Waals surface area contributed by atoms with Gasteiger partial charge in [0.25, 0.3) is 0 Å². The van der Waals surface area contributed by atoms with Crippen LogP contribution in [0.5, 0.6) is 0 Å². The molecule has 0 aliphatic heterocycles. The van der Waals surface area contributed by atoms with Crippen molar-refractivity contribution in [3.63, 3.8) is 0 Å². The molecule has 0 fully saturated rings. The molecule has 0 heterocycles. The van der Waals surface area contributed by atoms with Gasteiger partial charge in [0.15, 0.2) is 0 Å². The number of carbonyl (C=O) groups excluding carboxylic acids is 1. The highest BCUT2D eigenvalue weighted by atomic mass is 16.4. The van der Waals surface area contributed by atoms with Gasteiger partial charge in [0.1, 0.15) is 5.78 Å². The quantitative estimate of drug-likeness (QED) is 0.547. The van der Waals surface area contributed by atoms with Crippen molar-refractivity contribution in [2.45, 2.75) is 40.5 Å². The van der Waals surface area contributed by atoms with E-state index in [-0.39, 0.29) is 5.78 Å². The Labute approximate surface area is 103 Å². The summed E-state index contributed by atoms with van der Waals surface area (Å²) in [5, 5.41) is 8.58. The molecule has 0 aromatic heterocycles. The summed E-state index contributed by atoms with van der Waals surface area (Å²) in [6, 6.07) is 0. The summed E-state index contributed by atoms with van der Waals surface area (Å²) in [6.45, 7) is 7.56. The molecule has 0 amide bonds. The Morgan fingerprint density at radius 1 is 1.24 bits per heavy atom. The van der Waals surface area contributed by atoms with Crippen LogP contribution < -0.4 is 0 Å². The molecular formula is C14H22O3. The van der Waals surface area contributed by atoms with Crippen LogP contribution in [0.15, 0.2) is 23.8 Å². The first kappa shape index (κ1) is 15.6. The summed E-state index contributed by atoms with van der Waals surface area (Å²) < 4.78 is 0. The Hall–Kier alpha value is -1.38. The number of hydrogen-bond acceptors (Lipinski definition) is 2. The zero-order chi connectivity index (χ0) is 13.4. The van der Waals surface area contributed by atoms with Gasteiger partial charge >= 0.3 is 5.97 Å². The average molecular weight is 238 g/mol. The second kappa shape index (κ2) is 7.82. The van der Waals surface area contributed by atoms with Gasteiger partial charge in [-0.25, -0.2) is 4.79 Å². The molecular weight excluding hydrogens is 216 g/mol. The molecule has 1 atom stereocenters. The lowest BCUT2D eigenvalue weighted by Crippen LogP contribution is -2.07. The maximum atomic E-state index is 10.9. The summed E-state index contributed by atoms with van der Waals surface area (Å²) in [7, 11) is 0. The van der Waals surface area contributed by atoms with E-state index in [9.17, 15) is 9.59 Å². The van der Waals surface area contributed by atoms with E-state index < -0.39 is 5.97 Å². The van der Waals surface area contributed by atoms with E-state index in [1.807, 2.05) is 12.2 Å². The lowest BCUT2D eigenvalue weighted by molar-refractivity contribution is -0.131. The molecule has 96 valence electrons. The second-order valence-corrected chi connectivity index (χ2v) is 4.73. The van der Waals surface area contributed by atoms with Gasteiger partial charge in [-0.3, -0.25) is 0 Å².